The van der Waals surface area contributed by atoms with Crippen LogP contribution in [0.15, 0.2) is 82.8 Å². The molecule has 1 aromatic heterocycles. The van der Waals surface area contributed by atoms with Crippen LogP contribution in [0.4, 0.5) is 10.7 Å². The van der Waals surface area contributed by atoms with E-state index in [1.165, 1.54) is 36.0 Å². The van der Waals surface area contributed by atoms with Crippen LogP contribution in [0.1, 0.15) is 49.4 Å². The number of nitro benzene ring substituents is 1. The Kier molecular flexibility index (Phi) is 11.0. The van der Waals surface area contributed by atoms with Gasteiger partial charge in [0.15, 0.2) is 10.9 Å². The first-order valence-corrected chi connectivity index (χ1v) is 12.6. The maximum atomic E-state index is 11.0. The second kappa shape index (κ2) is 14.0. The highest BCUT2D eigenvalue weighted by molar-refractivity contribution is 8.06. The monoisotopic (exact) mass is 526 g/mol. The van der Waals surface area contributed by atoms with Crippen LogP contribution < -0.4 is 4.74 Å². The normalized spacial score (nSPS) is 11.6. The van der Waals surface area contributed by atoms with Crippen molar-refractivity contribution in [3.05, 3.63) is 113 Å². The fourth-order valence-corrected chi connectivity index (χ4v) is 4.32. The van der Waals surface area contributed by atoms with E-state index >= 15 is 0 Å². The molecular weight excluding hydrogens is 500 g/mol. The van der Waals surface area contributed by atoms with Gasteiger partial charge in [0, 0.05) is 30.2 Å². The number of nitro groups is 2. The molecule has 0 aliphatic rings. The molecule has 0 bridgehead atoms. The van der Waals surface area contributed by atoms with E-state index in [9.17, 15) is 25.0 Å². The molecule has 0 atom stereocenters. The molecule has 3 rings (SSSR count). The molecule has 0 radical (unpaired) electrons. The maximum absolute atomic E-state index is 11.0. The van der Waals surface area contributed by atoms with Crippen molar-refractivity contribution in [2.75, 3.05) is 0 Å². The van der Waals surface area contributed by atoms with Crippen molar-refractivity contribution in [1.29, 1.82) is 0 Å². The topological polar surface area (TPSA) is 113 Å². The Labute approximate surface area is 217 Å². The summed E-state index contributed by atoms with van der Waals surface area (Å²) in [5.74, 6) is 0.707. The van der Waals surface area contributed by atoms with Crippen molar-refractivity contribution in [3.63, 3.8) is 0 Å². The number of rotatable bonds is 9. The molecule has 0 N–H and O–H groups in total. The van der Waals surface area contributed by atoms with Gasteiger partial charge >= 0.3 is 5.00 Å². The van der Waals surface area contributed by atoms with Gasteiger partial charge in [0.05, 0.1) is 14.7 Å². The van der Waals surface area contributed by atoms with Crippen LogP contribution in [0.25, 0.3) is 5.57 Å². The number of thiophene rings is 1. The number of para-hydroxylation sites is 1. The Balaban J connectivity index is 0.000000319. The summed E-state index contributed by atoms with van der Waals surface area (Å²) in [4.78, 5) is 32.8. The van der Waals surface area contributed by atoms with Crippen LogP contribution in [0.5, 0.6) is 5.75 Å². The highest BCUT2D eigenvalue weighted by atomic mass is 32.2. The summed E-state index contributed by atoms with van der Waals surface area (Å²) in [6.45, 7) is 7.68. The summed E-state index contributed by atoms with van der Waals surface area (Å²) in [6, 6.07) is 18.9. The molecule has 0 saturated heterocycles. The van der Waals surface area contributed by atoms with Gasteiger partial charge in [-0.25, -0.2) is 0 Å². The van der Waals surface area contributed by atoms with E-state index in [-0.39, 0.29) is 16.5 Å². The summed E-state index contributed by atoms with van der Waals surface area (Å²) in [5, 5.41) is 21.8. The smallest absolute Gasteiger partial charge is 0.324 e. The van der Waals surface area contributed by atoms with Gasteiger partial charge in [-0.2, -0.15) is 0 Å². The largest absolute Gasteiger partial charge is 0.450 e. The van der Waals surface area contributed by atoms with Crippen LogP contribution in [0.3, 0.4) is 0 Å². The third kappa shape index (κ3) is 8.47. The lowest BCUT2D eigenvalue weighted by Crippen LogP contribution is -1.96. The molecule has 0 unspecified atom stereocenters. The Morgan fingerprint density at radius 2 is 1.61 bits per heavy atom. The average molecular weight is 527 g/mol. The molecule has 0 fully saturated rings. The van der Waals surface area contributed by atoms with Crippen LogP contribution in [-0.2, 0) is 0 Å². The zero-order valence-electron chi connectivity index (χ0n) is 20.3. The standard InChI is InChI=1S/C19H19NO3S.C7H7NO3S/c1-4-14(2)24-19(23-18-8-6-5-7-9-18)15(3)16-10-12-17(13-11-16)20(21)22;1-2-5(9)6-3-4-7(12-6)8(10)11/h4-13H,1-3H3;3-4H,2H2,1H3/b14-4-,19-15+;. The van der Waals surface area contributed by atoms with Crippen molar-refractivity contribution < 1.29 is 19.4 Å². The number of ketones is 1. The zero-order chi connectivity index (χ0) is 26.7. The molecule has 2 aromatic carbocycles. The van der Waals surface area contributed by atoms with E-state index in [2.05, 4.69) is 0 Å². The summed E-state index contributed by atoms with van der Waals surface area (Å²) in [7, 11) is 0. The van der Waals surface area contributed by atoms with E-state index in [0.717, 1.165) is 38.2 Å². The number of hydrogen-bond acceptors (Lipinski definition) is 8. The third-order valence-corrected chi connectivity index (χ3v) is 7.01. The summed E-state index contributed by atoms with van der Waals surface area (Å²) < 4.78 is 6.05. The van der Waals surface area contributed by atoms with Gasteiger partial charge in [0.2, 0.25) is 0 Å². The SMILES string of the molecule is C/C=C(/C)S/C(Oc1ccccc1)=C(\C)c1ccc([N+](=O)[O-])cc1.CCC(=O)c1ccc([N+](=O)[O-])s1. The van der Waals surface area contributed by atoms with Crippen molar-refractivity contribution >= 4 is 45.1 Å². The van der Waals surface area contributed by atoms with Gasteiger partial charge in [-0.05, 0) is 61.6 Å². The number of ether oxygens (including phenoxy) is 1. The highest BCUT2D eigenvalue weighted by Crippen LogP contribution is 2.34. The molecule has 188 valence electrons. The molecule has 0 saturated carbocycles. The van der Waals surface area contributed by atoms with Crippen molar-refractivity contribution in [2.24, 2.45) is 0 Å². The molecular formula is C26H26N2O6S2. The molecule has 0 aliphatic carbocycles. The van der Waals surface area contributed by atoms with Crippen molar-refractivity contribution in [1.82, 2.24) is 0 Å². The number of nitrogens with zero attached hydrogens (tertiary/aromatic N) is 2. The Hall–Kier alpha value is -3.76. The number of thioether (sulfide) groups is 1. The molecule has 1 heterocycles. The first-order valence-electron chi connectivity index (χ1n) is 10.9. The second-order valence-electron chi connectivity index (χ2n) is 7.30. The zero-order valence-corrected chi connectivity index (χ0v) is 21.9. The predicted octanol–water partition coefficient (Wildman–Crippen LogP) is 8.27. The van der Waals surface area contributed by atoms with Crippen molar-refractivity contribution in [2.45, 2.75) is 34.1 Å². The number of non-ortho nitro benzene ring substituents is 1. The summed E-state index contributed by atoms with van der Waals surface area (Å²) in [6.07, 6.45) is 2.40. The number of allylic oxidation sites excluding steroid dienone is 3. The minimum atomic E-state index is -0.489. The van der Waals surface area contributed by atoms with Crippen LogP contribution in [0.2, 0.25) is 0 Å². The molecule has 10 heteroatoms. The lowest BCUT2D eigenvalue weighted by atomic mass is 10.1. The number of hydrogen-bond donors (Lipinski definition) is 0. The van der Waals surface area contributed by atoms with E-state index in [4.69, 9.17) is 4.74 Å². The van der Waals surface area contributed by atoms with Crippen molar-refractivity contribution in [3.8, 4) is 5.75 Å². The Morgan fingerprint density at radius 1 is 0.972 bits per heavy atom. The second-order valence-corrected chi connectivity index (χ2v) is 9.59. The first kappa shape index (κ1) is 28.5. The Morgan fingerprint density at radius 3 is 2.11 bits per heavy atom. The van der Waals surface area contributed by atoms with Gasteiger partial charge in [-0.1, -0.05) is 54.3 Å². The quantitative estimate of drug-likeness (QED) is 0.119. The Bertz CT molecular complexity index is 1270. The number of carbonyl (C=O) groups is 1. The average Bonchev–Trinajstić information content (AvgIpc) is 3.39. The van der Waals surface area contributed by atoms with Crippen LogP contribution in [-0.4, -0.2) is 15.6 Å². The van der Waals surface area contributed by atoms with E-state index in [0.29, 0.717) is 11.3 Å². The van der Waals surface area contributed by atoms with Gasteiger partial charge in [0.25, 0.3) is 5.69 Å². The third-order valence-electron chi connectivity index (χ3n) is 4.80. The lowest BCUT2D eigenvalue weighted by molar-refractivity contribution is -0.384. The molecule has 0 spiro atoms. The molecule has 0 amide bonds. The van der Waals surface area contributed by atoms with Gasteiger partial charge in [0.1, 0.15) is 5.75 Å². The molecule has 8 nitrogen and oxygen atoms in total. The number of benzene rings is 2. The van der Waals surface area contributed by atoms with Crippen LogP contribution in [0, 0.1) is 20.2 Å². The minimum Gasteiger partial charge on any atom is -0.450 e. The minimum absolute atomic E-state index is 0.0202. The van der Waals surface area contributed by atoms with Crippen LogP contribution >= 0.6 is 23.1 Å². The highest BCUT2D eigenvalue weighted by Gasteiger charge is 2.14. The van der Waals surface area contributed by atoms with Gasteiger partial charge < -0.3 is 4.74 Å². The molecule has 3 aromatic rings. The maximum Gasteiger partial charge on any atom is 0.324 e. The first-order chi connectivity index (χ1) is 17.2. The fraction of sp³-hybridized carbons (Fsp3) is 0.192. The van der Waals surface area contributed by atoms with E-state index < -0.39 is 9.85 Å². The number of carbonyl (C=O) groups excluding carboxylic acids is 1. The summed E-state index contributed by atoms with van der Waals surface area (Å²) in [5.41, 5.74) is 1.90. The van der Waals surface area contributed by atoms with E-state index in [1.54, 1.807) is 19.1 Å². The molecule has 0 aliphatic heterocycles. The fourth-order valence-electron chi connectivity index (χ4n) is 2.68. The summed E-state index contributed by atoms with van der Waals surface area (Å²) >= 11 is 2.46. The van der Waals surface area contributed by atoms with Gasteiger partial charge in [-0.3, -0.25) is 25.0 Å². The van der Waals surface area contributed by atoms with Gasteiger partial charge in [-0.15, -0.1) is 0 Å². The molecule has 36 heavy (non-hydrogen) atoms. The predicted molar refractivity (Wildman–Crippen MR) is 145 cm³/mol. The van der Waals surface area contributed by atoms with E-state index in [1.807, 2.05) is 57.2 Å². The number of Topliss-reactive ketones (excluding diaryl/α,β-unsaturated/α-hetero) is 1. The lowest BCUT2D eigenvalue weighted by Gasteiger charge is -2.14.